The fourth-order valence-electron chi connectivity index (χ4n) is 2.26. The Morgan fingerprint density at radius 3 is 2.17 bits per heavy atom. The van der Waals surface area contributed by atoms with Crippen LogP contribution >= 0.6 is 0 Å². The zero-order chi connectivity index (χ0) is 18.6. The van der Waals surface area contributed by atoms with Crippen LogP contribution in [0.4, 0.5) is 0 Å². The quantitative estimate of drug-likeness (QED) is 0.729. The average Bonchev–Trinajstić information content (AvgIpc) is 2.46. The number of carbonyl (C=O) groups is 2. The summed E-state index contributed by atoms with van der Waals surface area (Å²) in [4.78, 5) is 21.6. The number of nitrogens with one attached hydrogen (secondary N) is 1. The molecular formula is C17H23NO5S. The Morgan fingerprint density at radius 1 is 1.21 bits per heavy atom. The summed E-state index contributed by atoms with van der Waals surface area (Å²) in [6.45, 7) is 7.63. The van der Waals surface area contributed by atoms with Crippen molar-refractivity contribution < 1.29 is 23.1 Å². The molecule has 0 unspecified atom stereocenters. The van der Waals surface area contributed by atoms with E-state index < -0.39 is 31.3 Å². The van der Waals surface area contributed by atoms with E-state index in [0.717, 1.165) is 0 Å². The average molecular weight is 353 g/mol. The van der Waals surface area contributed by atoms with Crippen molar-refractivity contribution in [3.63, 3.8) is 0 Å². The molecule has 1 rings (SSSR count). The third kappa shape index (κ3) is 3.84. The zero-order valence-electron chi connectivity index (χ0n) is 14.1. The van der Waals surface area contributed by atoms with Crippen molar-refractivity contribution in [1.82, 2.24) is 5.32 Å². The molecule has 7 heteroatoms. The summed E-state index contributed by atoms with van der Waals surface area (Å²) in [5.41, 5.74) is 0.492. The van der Waals surface area contributed by atoms with Gasteiger partial charge in [-0.25, -0.2) is 13.2 Å². The number of hydrogen-bond donors (Lipinski definition) is 2. The maximum atomic E-state index is 13.0. The first kappa shape index (κ1) is 19.9. The Morgan fingerprint density at radius 2 is 1.75 bits per heavy atom. The van der Waals surface area contributed by atoms with Gasteiger partial charge in [0.25, 0.3) is 0 Å². The van der Waals surface area contributed by atoms with Gasteiger partial charge in [-0.15, -0.1) is 6.58 Å². The molecule has 0 saturated carbocycles. The summed E-state index contributed by atoms with van der Waals surface area (Å²) >= 11 is 0. The second-order valence-electron chi connectivity index (χ2n) is 6.45. The predicted octanol–water partition coefficient (Wildman–Crippen LogP) is 1.92. The zero-order valence-corrected chi connectivity index (χ0v) is 14.9. The lowest BCUT2D eigenvalue weighted by Gasteiger charge is -2.36. The summed E-state index contributed by atoms with van der Waals surface area (Å²) in [5, 5.41) is 12.0. The number of carbonyl (C=O) groups excluding carboxylic acids is 1. The summed E-state index contributed by atoms with van der Waals surface area (Å²) in [5.74, 6) is -2.32. The standard InChI is InChI=1S/C17H23NO5S/c1-5-9-14(19)18-17(15(20)21,24(22,23)16(2,3)4)12-13-10-7-6-8-11-13/h5-8,10-11H,1,9,12H2,2-4H3,(H,18,19)(H,20,21)/t17-/m1/s1. The van der Waals surface area contributed by atoms with Crippen LogP contribution in [-0.2, 0) is 25.8 Å². The van der Waals surface area contributed by atoms with Crippen LogP contribution in [0.25, 0.3) is 0 Å². The van der Waals surface area contributed by atoms with Gasteiger partial charge in [0.2, 0.25) is 10.8 Å². The Hall–Kier alpha value is -2.15. The van der Waals surface area contributed by atoms with E-state index in [9.17, 15) is 23.1 Å². The van der Waals surface area contributed by atoms with E-state index in [4.69, 9.17) is 0 Å². The van der Waals surface area contributed by atoms with E-state index in [2.05, 4.69) is 11.9 Å². The van der Waals surface area contributed by atoms with Crippen LogP contribution in [0.2, 0.25) is 0 Å². The van der Waals surface area contributed by atoms with Gasteiger partial charge in [0.15, 0.2) is 9.84 Å². The molecule has 1 aromatic carbocycles. The van der Waals surface area contributed by atoms with E-state index in [1.54, 1.807) is 30.3 Å². The fourth-order valence-corrected chi connectivity index (χ4v) is 4.14. The van der Waals surface area contributed by atoms with Gasteiger partial charge in [-0.3, -0.25) is 4.79 Å². The first-order chi connectivity index (χ1) is 11.0. The van der Waals surface area contributed by atoms with Crippen molar-refractivity contribution in [2.75, 3.05) is 0 Å². The minimum atomic E-state index is -4.28. The van der Waals surface area contributed by atoms with Crippen LogP contribution in [0, 0.1) is 0 Å². The van der Waals surface area contributed by atoms with E-state index in [0.29, 0.717) is 5.56 Å². The lowest BCUT2D eigenvalue weighted by molar-refractivity contribution is -0.143. The molecular weight excluding hydrogens is 330 g/mol. The molecule has 0 fully saturated rings. The van der Waals surface area contributed by atoms with Gasteiger partial charge in [-0.2, -0.15) is 0 Å². The van der Waals surface area contributed by atoms with Gasteiger partial charge in [0.05, 0.1) is 4.75 Å². The molecule has 0 aliphatic heterocycles. The number of carboxylic acid groups (broad SMARTS) is 1. The highest BCUT2D eigenvalue weighted by molar-refractivity contribution is 7.94. The van der Waals surface area contributed by atoms with Crippen molar-refractivity contribution >= 4 is 21.7 Å². The number of sulfone groups is 1. The largest absolute Gasteiger partial charge is 0.479 e. The van der Waals surface area contributed by atoms with E-state index in [1.165, 1.54) is 26.8 Å². The monoisotopic (exact) mass is 353 g/mol. The van der Waals surface area contributed by atoms with Gasteiger partial charge in [-0.05, 0) is 26.3 Å². The van der Waals surface area contributed by atoms with E-state index in [1.807, 2.05) is 0 Å². The summed E-state index contributed by atoms with van der Waals surface area (Å²) in [6, 6.07) is 8.33. The van der Waals surface area contributed by atoms with Crippen molar-refractivity contribution in [3.05, 3.63) is 48.6 Å². The van der Waals surface area contributed by atoms with Crippen molar-refractivity contribution in [1.29, 1.82) is 0 Å². The minimum Gasteiger partial charge on any atom is -0.479 e. The van der Waals surface area contributed by atoms with Gasteiger partial charge < -0.3 is 10.4 Å². The number of amides is 1. The molecule has 1 amide bonds. The maximum absolute atomic E-state index is 13.0. The van der Waals surface area contributed by atoms with Gasteiger partial charge in [-0.1, -0.05) is 36.4 Å². The summed E-state index contributed by atoms with van der Waals surface area (Å²) in [7, 11) is -4.28. The van der Waals surface area contributed by atoms with Crippen LogP contribution in [-0.4, -0.2) is 35.0 Å². The molecule has 0 radical (unpaired) electrons. The predicted molar refractivity (Wildman–Crippen MR) is 92.1 cm³/mol. The summed E-state index contributed by atoms with van der Waals surface area (Å²) < 4.78 is 24.7. The number of carboxylic acids is 1. The molecule has 2 N–H and O–H groups in total. The van der Waals surface area contributed by atoms with Crippen molar-refractivity contribution in [3.8, 4) is 0 Å². The van der Waals surface area contributed by atoms with Crippen LogP contribution in [0.3, 0.4) is 0 Å². The van der Waals surface area contributed by atoms with Crippen LogP contribution in [0.5, 0.6) is 0 Å². The SMILES string of the molecule is C=CCC(=O)N[C@@](Cc1ccccc1)(C(=O)O)S(=O)(=O)C(C)(C)C. The Kier molecular flexibility index (Phi) is 5.94. The lowest BCUT2D eigenvalue weighted by atomic mass is 10.1. The van der Waals surface area contributed by atoms with E-state index in [-0.39, 0.29) is 12.8 Å². The summed E-state index contributed by atoms with van der Waals surface area (Å²) in [6.07, 6.45) is 0.739. The molecule has 0 saturated heterocycles. The number of rotatable bonds is 7. The third-order valence-corrected chi connectivity index (χ3v) is 6.53. The molecule has 1 atom stereocenters. The van der Waals surface area contributed by atoms with Crippen LogP contribution in [0.1, 0.15) is 32.8 Å². The van der Waals surface area contributed by atoms with E-state index >= 15 is 0 Å². The molecule has 24 heavy (non-hydrogen) atoms. The Bertz CT molecular complexity index is 719. The van der Waals surface area contributed by atoms with Crippen molar-refractivity contribution in [2.45, 2.75) is 43.2 Å². The van der Waals surface area contributed by atoms with Gasteiger partial charge in [0, 0.05) is 12.8 Å². The normalized spacial score (nSPS) is 14.5. The Labute approximate surface area is 142 Å². The number of aliphatic carboxylic acids is 1. The third-order valence-electron chi connectivity index (χ3n) is 3.58. The molecule has 132 valence electrons. The van der Waals surface area contributed by atoms with Gasteiger partial charge >= 0.3 is 5.97 Å². The first-order valence-electron chi connectivity index (χ1n) is 7.41. The topological polar surface area (TPSA) is 101 Å². The molecule has 0 spiro atoms. The van der Waals surface area contributed by atoms with Crippen LogP contribution < -0.4 is 5.32 Å². The first-order valence-corrected chi connectivity index (χ1v) is 8.89. The molecule has 6 nitrogen and oxygen atoms in total. The highest BCUT2D eigenvalue weighted by atomic mass is 32.2. The Balaban J connectivity index is 3.54. The smallest absolute Gasteiger partial charge is 0.345 e. The van der Waals surface area contributed by atoms with Gasteiger partial charge in [0.1, 0.15) is 0 Å². The minimum absolute atomic E-state index is 0.177. The second kappa shape index (κ2) is 7.17. The molecule has 0 aromatic heterocycles. The molecule has 1 aromatic rings. The number of benzene rings is 1. The fraction of sp³-hybridized carbons (Fsp3) is 0.412. The maximum Gasteiger partial charge on any atom is 0.345 e. The highest BCUT2D eigenvalue weighted by Crippen LogP contribution is 2.31. The van der Waals surface area contributed by atoms with Crippen LogP contribution in [0.15, 0.2) is 43.0 Å². The molecule has 0 aliphatic rings. The second-order valence-corrected chi connectivity index (χ2v) is 9.38. The molecule has 0 aliphatic carbocycles. The van der Waals surface area contributed by atoms with Crippen molar-refractivity contribution in [2.24, 2.45) is 0 Å². The molecule has 0 bridgehead atoms. The number of hydrogen-bond acceptors (Lipinski definition) is 4. The highest BCUT2D eigenvalue weighted by Gasteiger charge is 2.56. The lowest BCUT2D eigenvalue weighted by Crippen LogP contribution is -2.65. The molecule has 0 heterocycles.